The van der Waals surface area contributed by atoms with E-state index in [9.17, 15) is 0 Å². The summed E-state index contributed by atoms with van der Waals surface area (Å²) in [7, 11) is 6.99. The van der Waals surface area contributed by atoms with E-state index in [2.05, 4.69) is 93.3 Å². The third kappa shape index (κ3) is 10.5. The van der Waals surface area contributed by atoms with E-state index in [1.165, 1.54) is 63.5 Å². The van der Waals surface area contributed by atoms with E-state index in [0.29, 0.717) is 17.9 Å². The van der Waals surface area contributed by atoms with Gasteiger partial charge >= 0.3 is 0 Å². The Bertz CT molecular complexity index is 670. The van der Waals surface area contributed by atoms with Crippen LogP contribution in [0.2, 0.25) is 0 Å². The van der Waals surface area contributed by atoms with Crippen LogP contribution in [0.1, 0.15) is 128 Å². The Labute approximate surface area is 248 Å². The number of rotatable bonds is 4. The Kier molecular flexibility index (Phi) is 16.5. The predicted molar refractivity (Wildman–Crippen MR) is 177 cm³/mol. The van der Waals surface area contributed by atoms with Gasteiger partial charge in [0.15, 0.2) is 0 Å². The molecule has 2 heteroatoms. The van der Waals surface area contributed by atoms with Gasteiger partial charge in [-0.15, -0.1) is 0 Å². The monoisotopic (exact) mass is 547 g/mol. The molecule has 1 saturated carbocycles. The lowest BCUT2D eigenvalue weighted by Gasteiger charge is -2.42. The van der Waals surface area contributed by atoms with Crippen molar-refractivity contribution in [2.24, 2.45) is 59.2 Å². The average Bonchev–Trinajstić information content (AvgIpc) is 2.90. The lowest BCUT2D eigenvalue weighted by molar-refractivity contribution is 0.0795. The van der Waals surface area contributed by atoms with Crippen molar-refractivity contribution in [1.29, 1.82) is 0 Å². The maximum absolute atomic E-state index is 4.72. The molecule has 2 fully saturated rings. The summed E-state index contributed by atoms with van der Waals surface area (Å²) in [5, 5.41) is 0. The molecule has 0 unspecified atom stereocenters. The lowest BCUT2D eigenvalue weighted by Crippen LogP contribution is -2.42. The van der Waals surface area contributed by atoms with E-state index in [0.717, 1.165) is 53.4 Å². The fraction of sp³-hybridized carbons (Fsp3) is 0.946. The van der Waals surface area contributed by atoms with Crippen LogP contribution in [0.4, 0.5) is 0 Å². The van der Waals surface area contributed by atoms with Crippen LogP contribution in [0.5, 0.6) is 0 Å². The van der Waals surface area contributed by atoms with Gasteiger partial charge in [0.2, 0.25) is 0 Å². The minimum atomic E-state index is 0.618. The number of hydrogen-bond acceptors (Lipinski definition) is 2. The van der Waals surface area contributed by atoms with E-state index in [4.69, 9.17) is 6.58 Å². The summed E-state index contributed by atoms with van der Waals surface area (Å²) in [4.78, 5) is 5.20. The first-order chi connectivity index (χ1) is 18.3. The van der Waals surface area contributed by atoms with Crippen LogP contribution >= 0.6 is 0 Å². The molecule has 0 radical (unpaired) electrons. The van der Waals surface area contributed by atoms with Gasteiger partial charge in [-0.25, -0.2) is 0 Å². The summed E-state index contributed by atoms with van der Waals surface area (Å²) >= 11 is 0. The Morgan fingerprint density at radius 2 is 1.41 bits per heavy atom. The molecule has 0 aromatic rings. The first kappa shape index (κ1) is 36.7. The normalized spacial score (nSPS) is 42.3. The van der Waals surface area contributed by atoms with E-state index in [1.54, 1.807) is 0 Å². The van der Waals surface area contributed by atoms with Gasteiger partial charge in [-0.3, -0.25) is 0 Å². The number of allylic oxidation sites excluding steroid dienone is 1. The molecular formula is C37H74N2. The fourth-order valence-corrected chi connectivity index (χ4v) is 8.58. The topological polar surface area (TPSA) is 6.48 Å². The highest BCUT2D eigenvalue weighted by molar-refractivity contribution is 5.03. The quantitative estimate of drug-likeness (QED) is 0.324. The second kappa shape index (κ2) is 17.6. The van der Waals surface area contributed by atoms with E-state index in [-0.39, 0.29) is 0 Å². The second-order valence-electron chi connectivity index (χ2n) is 14.8. The van der Waals surface area contributed by atoms with Crippen molar-refractivity contribution in [3.8, 4) is 0 Å². The van der Waals surface area contributed by atoms with Gasteiger partial charge in [0.25, 0.3) is 0 Å². The predicted octanol–water partition coefficient (Wildman–Crippen LogP) is 10.3. The highest BCUT2D eigenvalue weighted by Gasteiger charge is 2.36. The van der Waals surface area contributed by atoms with Gasteiger partial charge < -0.3 is 9.80 Å². The highest BCUT2D eigenvalue weighted by atomic mass is 15.1. The molecule has 12 atom stereocenters. The van der Waals surface area contributed by atoms with Gasteiger partial charge in [-0.05, 0) is 119 Å². The van der Waals surface area contributed by atoms with Crippen molar-refractivity contribution >= 4 is 0 Å². The SMILES string of the molecule is C=C1C[C@H](CC)[C@H](C)[C@H](C)[C@@H](C)N(C)C[C@H](C)C[C@H](C)[C@H](C[C@@H]2CCC[C@H](N(C)C)[C@H]2C)C[C@H](C)[C@H]1C.CC. The molecule has 1 aliphatic carbocycles. The molecule has 2 aliphatic rings. The third-order valence-corrected chi connectivity index (χ3v) is 12.1. The molecule has 0 N–H and O–H groups in total. The van der Waals surface area contributed by atoms with Gasteiger partial charge in [0.1, 0.15) is 0 Å². The minimum Gasteiger partial charge on any atom is -0.306 e. The molecule has 0 aromatic carbocycles. The molecule has 232 valence electrons. The average molecular weight is 547 g/mol. The maximum atomic E-state index is 4.72. The summed E-state index contributed by atoms with van der Waals surface area (Å²) in [5.41, 5.74) is 1.52. The zero-order chi connectivity index (χ0) is 30.0. The molecule has 39 heavy (non-hydrogen) atoms. The van der Waals surface area contributed by atoms with E-state index < -0.39 is 0 Å². The van der Waals surface area contributed by atoms with Crippen LogP contribution in [0.15, 0.2) is 12.2 Å². The van der Waals surface area contributed by atoms with E-state index >= 15 is 0 Å². The molecule has 0 bridgehead atoms. The Balaban J connectivity index is 0.00000371. The van der Waals surface area contributed by atoms with Crippen molar-refractivity contribution in [2.75, 3.05) is 27.7 Å². The van der Waals surface area contributed by atoms with Crippen molar-refractivity contribution in [3.05, 3.63) is 12.2 Å². The van der Waals surface area contributed by atoms with Crippen molar-refractivity contribution in [3.63, 3.8) is 0 Å². The molecule has 2 nitrogen and oxygen atoms in total. The summed E-state index contributed by atoms with van der Waals surface area (Å²) in [6, 6.07) is 1.38. The minimum absolute atomic E-state index is 0.618. The Hall–Kier alpha value is -0.340. The van der Waals surface area contributed by atoms with Crippen LogP contribution in [0.25, 0.3) is 0 Å². The van der Waals surface area contributed by atoms with Gasteiger partial charge in [0, 0.05) is 18.6 Å². The molecule has 2 rings (SSSR count). The summed E-state index contributed by atoms with van der Waals surface area (Å²) < 4.78 is 0. The molecule has 0 spiro atoms. The zero-order valence-corrected chi connectivity index (χ0v) is 29.4. The first-order valence-corrected chi connectivity index (χ1v) is 17.3. The van der Waals surface area contributed by atoms with Crippen LogP contribution < -0.4 is 0 Å². The Morgan fingerprint density at radius 1 is 0.795 bits per heavy atom. The number of nitrogens with zero attached hydrogens (tertiary/aromatic N) is 2. The van der Waals surface area contributed by atoms with Crippen molar-refractivity contribution in [1.82, 2.24) is 9.80 Å². The number of hydrogen-bond donors (Lipinski definition) is 0. The third-order valence-electron chi connectivity index (χ3n) is 12.1. The molecule has 0 amide bonds. The smallest absolute Gasteiger partial charge is 0.0117 e. The molecule has 1 heterocycles. The molecule has 1 saturated heterocycles. The first-order valence-electron chi connectivity index (χ1n) is 17.3. The molecular weight excluding hydrogens is 472 g/mol. The summed E-state index contributed by atoms with van der Waals surface area (Å²) in [6.45, 7) is 32.6. The van der Waals surface area contributed by atoms with Crippen LogP contribution in [0.3, 0.4) is 0 Å². The second-order valence-corrected chi connectivity index (χ2v) is 14.8. The fourth-order valence-electron chi connectivity index (χ4n) is 8.58. The standard InChI is InChI=1S/C35H68N2.C2H6/c1-14-32-19-24(3)27(6)25(4)20-34(21-33-16-15-17-35(30(33)9)36(11)12)26(5)18-23(2)22-37(13)31(10)28(7)29(32)8;1-2/h23,25-35H,3,14-22H2,1-2,4-13H3;1-2H3/t23-,25+,26+,27+,28+,29-,30+,31-,32+,33+,34+,35+;/m1./s1. The van der Waals surface area contributed by atoms with Crippen LogP contribution in [-0.2, 0) is 0 Å². The van der Waals surface area contributed by atoms with Crippen LogP contribution in [-0.4, -0.2) is 49.6 Å². The molecule has 1 aliphatic heterocycles. The highest BCUT2D eigenvalue weighted by Crippen LogP contribution is 2.43. The van der Waals surface area contributed by atoms with Gasteiger partial charge in [0.05, 0.1) is 0 Å². The van der Waals surface area contributed by atoms with Crippen molar-refractivity contribution in [2.45, 2.75) is 140 Å². The van der Waals surface area contributed by atoms with E-state index in [1.807, 2.05) is 13.8 Å². The lowest BCUT2D eigenvalue weighted by atomic mass is 9.67. The largest absolute Gasteiger partial charge is 0.306 e. The zero-order valence-electron chi connectivity index (χ0n) is 29.4. The summed E-state index contributed by atoms with van der Waals surface area (Å²) in [5.74, 6) is 7.58. The Morgan fingerprint density at radius 3 is 1.97 bits per heavy atom. The maximum Gasteiger partial charge on any atom is 0.0117 e. The summed E-state index contributed by atoms with van der Waals surface area (Å²) in [6.07, 6.45) is 10.9. The molecule has 0 aromatic heterocycles. The van der Waals surface area contributed by atoms with Crippen LogP contribution in [0, 0.1) is 59.2 Å². The van der Waals surface area contributed by atoms with Gasteiger partial charge in [-0.2, -0.15) is 0 Å². The van der Waals surface area contributed by atoms with Gasteiger partial charge in [-0.1, -0.05) is 101 Å². The van der Waals surface area contributed by atoms with Crippen molar-refractivity contribution < 1.29 is 0 Å².